The SMILES string of the molecule is CCCCN(C)c1ccc(Cl)c(CN)n1. The third-order valence-electron chi connectivity index (χ3n) is 2.34. The van der Waals surface area contributed by atoms with Crippen molar-refractivity contribution in [3.63, 3.8) is 0 Å². The van der Waals surface area contributed by atoms with E-state index in [0.717, 1.165) is 18.1 Å². The van der Waals surface area contributed by atoms with Gasteiger partial charge in [0.25, 0.3) is 0 Å². The van der Waals surface area contributed by atoms with E-state index < -0.39 is 0 Å². The second kappa shape index (κ2) is 5.93. The van der Waals surface area contributed by atoms with Crippen LogP contribution in [0.15, 0.2) is 12.1 Å². The highest BCUT2D eigenvalue weighted by atomic mass is 35.5. The zero-order valence-corrected chi connectivity index (χ0v) is 10.1. The molecular formula is C11H18ClN3. The van der Waals surface area contributed by atoms with Crippen LogP contribution in [0.25, 0.3) is 0 Å². The molecule has 0 atom stereocenters. The van der Waals surface area contributed by atoms with Crippen LogP contribution in [0.4, 0.5) is 5.82 Å². The molecule has 0 aliphatic heterocycles. The number of nitrogens with zero attached hydrogens (tertiary/aromatic N) is 2. The molecule has 1 heterocycles. The van der Waals surface area contributed by atoms with Gasteiger partial charge in [-0.25, -0.2) is 4.98 Å². The summed E-state index contributed by atoms with van der Waals surface area (Å²) in [6.45, 7) is 3.57. The monoisotopic (exact) mass is 227 g/mol. The first kappa shape index (κ1) is 12.3. The van der Waals surface area contributed by atoms with Crippen molar-refractivity contribution in [3.05, 3.63) is 22.8 Å². The molecule has 15 heavy (non-hydrogen) atoms. The minimum Gasteiger partial charge on any atom is -0.360 e. The molecule has 84 valence electrons. The number of hydrogen-bond donors (Lipinski definition) is 1. The van der Waals surface area contributed by atoms with Crippen LogP contribution in [0.2, 0.25) is 5.02 Å². The van der Waals surface area contributed by atoms with E-state index in [1.807, 2.05) is 19.2 Å². The normalized spacial score (nSPS) is 10.4. The molecule has 0 bridgehead atoms. The molecule has 0 aromatic carbocycles. The molecule has 0 saturated carbocycles. The Morgan fingerprint density at radius 3 is 2.80 bits per heavy atom. The molecule has 1 aromatic rings. The second-order valence-electron chi connectivity index (χ2n) is 3.58. The number of aromatic nitrogens is 1. The Hall–Kier alpha value is -0.800. The third-order valence-corrected chi connectivity index (χ3v) is 2.68. The molecule has 0 aliphatic carbocycles. The molecule has 1 aromatic heterocycles. The molecule has 3 nitrogen and oxygen atoms in total. The Bertz CT molecular complexity index is 315. The van der Waals surface area contributed by atoms with Gasteiger partial charge in [-0.15, -0.1) is 0 Å². The maximum atomic E-state index is 5.94. The van der Waals surface area contributed by atoms with Gasteiger partial charge in [-0.3, -0.25) is 0 Å². The van der Waals surface area contributed by atoms with Crippen LogP contribution < -0.4 is 10.6 Å². The highest BCUT2D eigenvalue weighted by molar-refractivity contribution is 6.31. The van der Waals surface area contributed by atoms with E-state index >= 15 is 0 Å². The van der Waals surface area contributed by atoms with Gasteiger partial charge in [0.2, 0.25) is 0 Å². The summed E-state index contributed by atoms with van der Waals surface area (Å²) >= 11 is 5.94. The van der Waals surface area contributed by atoms with Gasteiger partial charge in [-0.2, -0.15) is 0 Å². The fraction of sp³-hybridized carbons (Fsp3) is 0.545. The van der Waals surface area contributed by atoms with Crippen molar-refractivity contribution in [1.82, 2.24) is 4.98 Å². The van der Waals surface area contributed by atoms with Crippen molar-refractivity contribution in [2.45, 2.75) is 26.3 Å². The van der Waals surface area contributed by atoms with Crippen molar-refractivity contribution < 1.29 is 0 Å². The number of halogens is 1. The van der Waals surface area contributed by atoms with Crippen molar-refractivity contribution in [2.75, 3.05) is 18.5 Å². The number of unbranched alkanes of at least 4 members (excludes halogenated alkanes) is 1. The standard InChI is InChI=1S/C11H18ClN3/c1-3-4-7-15(2)11-6-5-9(12)10(8-13)14-11/h5-6H,3-4,7-8,13H2,1-2H3. The topological polar surface area (TPSA) is 42.1 Å². The van der Waals surface area contributed by atoms with Gasteiger partial charge < -0.3 is 10.6 Å². The summed E-state index contributed by atoms with van der Waals surface area (Å²) in [5, 5.41) is 0.644. The average Bonchev–Trinajstić information content (AvgIpc) is 2.26. The summed E-state index contributed by atoms with van der Waals surface area (Å²) in [5.41, 5.74) is 6.32. The van der Waals surface area contributed by atoms with E-state index in [1.165, 1.54) is 12.8 Å². The summed E-state index contributed by atoms with van der Waals surface area (Å²) in [6, 6.07) is 3.78. The molecular weight excluding hydrogens is 210 g/mol. The van der Waals surface area contributed by atoms with Gasteiger partial charge in [0.05, 0.1) is 10.7 Å². The summed E-state index contributed by atoms with van der Waals surface area (Å²) in [5.74, 6) is 0.938. The Morgan fingerprint density at radius 2 is 2.20 bits per heavy atom. The predicted octanol–water partition coefficient (Wildman–Crippen LogP) is 2.43. The van der Waals surface area contributed by atoms with E-state index in [-0.39, 0.29) is 0 Å². The number of nitrogens with two attached hydrogens (primary N) is 1. The van der Waals surface area contributed by atoms with Crippen LogP contribution >= 0.6 is 11.6 Å². The molecule has 0 spiro atoms. The fourth-order valence-electron chi connectivity index (χ4n) is 1.34. The van der Waals surface area contributed by atoms with Crippen LogP contribution in [0.5, 0.6) is 0 Å². The van der Waals surface area contributed by atoms with E-state index in [9.17, 15) is 0 Å². The zero-order chi connectivity index (χ0) is 11.3. The van der Waals surface area contributed by atoms with Gasteiger partial charge in [-0.1, -0.05) is 24.9 Å². The van der Waals surface area contributed by atoms with Gasteiger partial charge in [0, 0.05) is 20.1 Å². The summed E-state index contributed by atoms with van der Waals surface area (Å²) in [7, 11) is 2.03. The average molecular weight is 228 g/mol. The molecule has 0 amide bonds. The molecule has 0 radical (unpaired) electrons. The third kappa shape index (κ3) is 3.36. The quantitative estimate of drug-likeness (QED) is 0.840. The number of hydrogen-bond acceptors (Lipinski definition) is 3. The molecule has 0 saturated heterocycles. The van der Waals surface area contributed by atoms with Crippen LogP contribution in [-0.4, -0.2) is 18.6 Å². The Morgan fingerprint density at radius 1 is 1.47 bits per heavy atom. The maximum absolute atomic E-state index is 5.94. The Balaban J connectivity index is 2.76. The largest absolute Gasteiger partial charge is 0.360 e. The number of anilines is 1. The number of rotatable bonds is 5. The zero-order valence-electron chi connectivity index (χ0n) is 9.33. The summed E-state index contributed by atoms with van der Waals surface area (Å²) < 4.78 is 0. The molecule has 0 fully saturated rings. The first-order valence-electron chi connectivity index (χ1n) is 5.25. The lowest BCUT2D eigenvalue weighted by Crippen LogP contribution is -2.20. The first-order valence-corrected chi connectivity index (χ1v) is 5.63. The fourth-order valence-corrected chi connectivity index (χ4v) is 1.52. The second-order valence-corrected chi connectivity index (χ2v) is 3.98. The Labute approximate surface area is 96.2 Å². The first-order chi connectivity index (χ1) is 7.19. The van der Waals surface area contributed by atoms with Crippen LogP contribution in [0.1, 0.15) is 25.5 Å². The van der Waals surface area contributed by atoms with E-state index in [0.29, 0.717) is 11.6 Å². The lowest BCUT2D eigenvalue weighted by Gasteiger charge is -2.18. The van der Waals surface area contributed by atoms with Gasteiger partial charge >= 0.3 is 0 Å². The Kier molecular flexibility index (Phi) is 4.85. The molecule has 1 rings (SSSR count). The smallest absolute Gasteiger partial charge is 0.128 e. The molecule has 0 unspecified atom stereocenters. The van der Waals surface area contributed by atoms with Crippen LogP contribution in [0.3, 0.4) is 0 Å². The van der Waals surface area contributed by atoms with Gasteiger partial charge in [-0.05, 0) is 18.6 Å². The summed E-state index contributed by atoms with van der Waals surface area (Å²) in [6.07, 6.45) is 2.35. The highest BCUT2D eigenvalue weighted by Gasteiger charge is 2.05. The lowest BCUT2D eigenvalue weighted by molar-refractivity contribution is 0.757. The van der Waals surface area contributed by atoms with E-state index in [4.69, 9.17) is 17.3 Å². The maximum Gasteiger partial charge on any atom is 0.128 e. The van der Waals surface area contributed by atoms with Crippen LogP contribution in [0, 0.1) is 0 Å². The van der Waals surface area contributed by atoms with E-state index in [1.54, 1.807) is 0 Å². The molecule has 0 aliphatic rings. The minimum absolute atomic E-state index is 0.383. The van der Waals surface area contributed by atoms with Crippen molar-refractivity contribution >= 4 is 17.4 Å². The van der Waals surface area contributed by atoms with Crippen LogP contribution in [-0.2, 0) is 6.54 Å². The molecule has 4 heteroatoms. The lowest BCUT2D eigenvalue weighted by atomic mass is 10.3. The predicted molar refractivity (Wildman–Crippen MR) is 65.3 cm³/mol. The van der Waals surface area contributed by atoms with Crippen molar-refractivity contribution in [2.24, 2.45) is 5.73 Å². The minimum atomic E-state index is 0.383. The van der Waals surface area contributed by atoms with Gasteiger partial charge in [0.15, 0.2) is 0 Å². The number of pyridine rings is 1. The molecule has 2 N–H and O–H groups in total. The summed E-state index contributed by atoms with van der Waals surface area (Å²) in [4.78, 5) is 6.54. The van der Waals surface area contributed by atoms with E-state index in [2.05, 4.69) is 16.8 Å². The highest BCUT2D eigenvalue weighted by Crippen LogP contribution is 2.18. The van der Waals surface area contributed by atoms with Gasteiger partial charge in [0.1, 0.15) is 5.82 Å². The van der Waals surface area contributed by atoms with Crippen molar-refractivity contribution in [3.8, 4) is 0 Å². The van der Waals surface area contributed by atoms with Crippen molar-refractivity contribution in [1.29, 1.82) is 0 Å².